The van der Waals surface area contributed by atoms with Crippen molar-refractivity contribution in [2.24, 2.45) is 0 Å². The third-order valence-corrected chi connectivity index (χ3v) is 6.26. The highest BCUT2D eigenvalue weighted by Gasteiger charge is 2.32. The van der Waals surface area contributed by atoms with Gasteiger partial charge in [0.2, 0.25) is 0 Å². The summed E-state index contributed by atoms with van der Waals surface area (Å²) in [5.41, 5.74) is 3.87. The minimum Gasteiger partial charge on any atom is -0.368 e. The molecule has 0 spiro atoms. The van der Waals surface area contributed by atoms with Crippen molar-refractivity contribution in [3.05, 3.63) is 59.7 Å². The van der Waals surface area contributed by atoms with Crippen molar-refractivity contribution >= 4 is 29.3 Å². The molecule has 0 radical (unpaired) electrons. The lowest BCUT2D eigenvalue weighted by molar-refractivity contribution is -0.170. The third kappa shape index (κ3) is 4.85. The van der Waals surface area contributed by atoms with E-state index in [1.807, 2.05) is 4.90 Å². The number of carbonyl (C=O) groups is 3. The lowest BCUT2D eigenvalue weighted by Crippen LogP contribution is -2.49. The Bertz CT molecular complexity index is 1070. The number of benzene rings is 2. The number of hydrogen-bond donors (Lipinski definition) is 0. The van der Waals surface area contributed by atoms with Gasteiger partial charge in [0, 0.05) is 56.6 Å². The van der Waals surface area contributed by atoms with Crippen LogP contribution in [-0.4, -0.2) is 67.1 Å². The maximum Gasteiger partial charge on any atom is 0.357 e. The fraction of sp³-hybridized carbons (Fsp3) is 0.423. The van der Waals surface area contributed by atoms with E-state index in [-0.39, 0.29) is 17.4 Å². The molecule has 0 bridgehead atoms. The minimum atomic E-state index is -0.530. The number of para-hydroxylation sites is 1. The van der Waals surface area contributed by atoms with Gasteiger partial charge in [0.1, 0.15) is 0 Å². The number of piperazine rings is 1. The first-order chi connectivity index (χ1) is 16.1. The average Bonchev–Trinajstić information content (AvgIpc) is 3.17. The predicted octanol–water partition coefficient (Wildman–Crippen LogP) is 3.67. The standard InChI is InChI=1S/C26H32N4O4/c1-19(31)34-30-18-17-29(25(30)33)21-11-9-20(10-12-21)24(32)28-15-13-27(14-16-28)23-8-6-5-7-22(23)26(2,3)4/h5-12H,13-18H2,1-4H3. The average molecular weight is 465 g/mol. The van der Waals surface area contributed by atoms with Crippen molar-refractivity contribution in [2.45, 2.75) is 33.1 Å². The van der Waals surface area contributed by atoms with Crippen LogP contribution >= 0.6 is 0 Å². The molecule has 2 aliphatic rings. The highest BCUT2D eigenvalue weighted by molar-refractivity contribution is 5.97. The van der Waals surface area contributed by atoms with Crippen molar-refractivity contribution in [1.82, 2.24) is 9.96 Å². The zero-order valence-electron chi connectivity index (χ0n) is 20.3. The maximum absolute atomic E-state index is 13.1. The van der Waals surface area contributed by atoms with Gasteiger partial charge < -0.3 is 14.6 Å². The second-order valence-corrected chi connectivity index (χ2v) is 9.71. The lowest BCUT2D eigenvalue weighted by Gasteiger charge is -2.38. The Morgan fingerprint density at radius 3 is 2.12 bits per heavy atom. The summed E-state index contributed by atoms with van der Waals surface area (Å²) in [6.45, 7) is 11.5. The first kappa shape index (κ1) is 23.6. The van der Waals surface area contributed by atoms with Crippen molar-refractivity contribution in [2.75, 3.05) is 49.1 Å². The summed E-state index contributed by atoms with van der Waals surface area (Å²) in [5, 5.41) is 1.05. The molecule has 180 valence electrons. The number of anilines is 2. The number of carbonyl (C=O) groups excluding carboxylic acids is 3. The van der Waals surface area contributed by atoms with Crippen LogP contribution in [0.1, 0.15) is 43.6 Å². The van der Waals surface area contributed by atoms with E-state index in [2.05, 4.69) is 49.9 Å². The summed E-state index contributed by atoms with van der Waals surface area (Å²) in [7, 11) is 0. The van der Waals surface area contributed by atoms with Gasteiger partial charge in [-0.15, -0.1) is 0 Å². The van der Waals surface area contributed by atoms with Gasteiger partial charge in [0.15, 0.2) is 0 Å². The lowest BCUT2D eigenvalue weighted by atomic mass is 9.85. The van der Waals surface area contributed by atoms with Gasteiger partial charge in [-0.3, -0.25) is 14.5 Å². The van der Waals surface area contributed by atoms with Crippen LogP contribution in [0.15, 0.2) is 48.5 Å². The topological polar surface area (TPSA) is 73.4 Å². The largest absolute Gasteiger partial charge is 0.368 e. The third-order valence-electron chi connectivity index (χ3n) is 6.26. The summed E-state index contributed by atoms with van der Waals surface area (Å²) in [4.78, 5) is 47.4. The number of urea groups is 1. The first-order valence-corrected chi connectivity index (χ1v) is 11.7. The fourth-order valence-corrected chi connectivity index (χ4v) is 4.50. The molecule has 3 amide bonds. The van der Waals surface area contributed by atoms with Crippen LogP contribution in [0.3, 0.4) is 0 Å². The van der Waals surface area contributed by atoms with Crippen LogP contribution in [0.5, 0.6) is 0 Å². The Morgan fingerprint density at radius 1 is 0.853 bits per heavy atom. The normalized spacial score (nSPS) is 16.8. The van der Waals surface area contributed by atoms with Gasteiger partial charge in [-0.05, 0) is 41.3 Å². The van der Waals surface area contributed by atoms with E-state index in [4.69, 9.17) is 4.84 Å². The van der Waals surface area contributed by atoms with Gasteiger partial charge in [-0.2, -0.15) is 5.06 Å². The van der Waals surface area contributed by atoms with Crippen LogP contribution in [0.4, 0.5) is 16.2 Å². The van der Waals surface area contributed by atoms with Crippen LogP contribution in [-0.2, 0) is 15.0 Å². The SMILES string of the molecule is CC(=O)ON1CCN(c2ccc(C(=O)N3CCN(c4ccccc4C(C)(C)C)CC3)cc2)C1=O. The predicted molar refractivity (Wildman–Crippen MR) is 131 cm³/mol. The van der Waals surface area contributed by atoms with Crippen molar-refractivity contribution in [3.63, 3.8) is 0 Å². The maximum atomic E-state index is 13.1. The Balaban J connectivity index is 1.38. The molecule has 0 saturated carbocycles. The minimum absolute atomic E-state index is 0.00963. The molecule has 2 aromatic carbocycles. The van der Waals surface area contributed by atoms with E-state index in [0.717, 1.165) is 18.2 Å². The molecule has 34 heavy (non-hydrogen) atoms. The number of nitrogens with zero attached hydrogens (tertiary/aromatic N) is 4. The van der Waals surface area contributed by atoms with E-state index in [1.54, 1.807) is 24.3 Å². The quantitative estimate of drug-likeness (QED) is 0.690. The van der Waals surface area contributed by atoms with Gasteiger partial charge in [-0.1, -0.05) is 39.0 Å². The Kier molecular flexibility index (Phi) is 6.50. The van der Waals surface area contributed by atoms with Crippen LogP contribution < -0.4 is 9.80 Å². The zero-order chi connectivity index (χ0) is 24.5. The zero-order valence-corrected chi connectivity index (χ0v) is 20.3. The Hall–Kier alpha value is -3.55. The summed E-state index contributed by atoms with van der Waals surface area (Å²) in [6.07, 6.45) is 0. The summed E-state index contributed by atoms with van der Waals surface area (Å²) >= 11 is 0. The summed E-state index contributed by atoms with van der Waals surface area (Å²) < 4.78 is 0. The van der Waals surface area contributed by atoms with E-state index >= 15 is 0 Å². The molecule has 0 aliphatic carbocycles. The molecule has 0 atom stereocenters. The van der Waals surface area contributed by atoms with Crippen LogP contribution in [0.25, 0.3) is 0 Å². The number of hydroxylamine groups is 2. The number of hydrogen-bond acceptors (Lipinski definition) is 5. The van der Waals surface area contributed by atoms with E-state index < -0.39 is 5.97 Å². The van der Waals surface area contributed by atoms with Gasteiger partial charge >= 0.3 is 12.0 Å². The molecule has 2 aliphatic heterocycles. The van der Waals surface area contributed by atoms with Gasteiger partial charge in [0.25, 0.3) is 5.91 Å². The summed E-state index contributed by atoms with van der Waals surface area (Å²) in [5.74, 6) is -0.539. The van der Waals surface area contributed by atoms with Gasteiger partial charge in [0.05, 0.1) is 6.54 Å². The summed E-state index contributed by atoms with van der Waals surface area (Å²) in [6, 6.07) is 15.1. The Labute approximate surface area is 200 Å². The molecule has 4 rings (SSSR count). The van der Waals surface area contributed by atoms with Crippen molar-refractivity contribution in [3.8, 4) is 0 Å². The molecule has 2 fully saturated rings. The monoisotopic (exact) mass is 464 g/mol. The fourth-order valence-electron chi connectivity index (χ4n) is 4.50. The molecular formula is C26H32N4O4. The van der Waals surface area contributed by atoms with E-state index in [0.29, 0.717) is 37.4 Å². The molecule has 8 heteroatoms. The molecule has 0 N–H and O–H groups in total. The van der Waals surface area contributed by atoms with Crippen LogP contribution in [0.2, 0.25) is 0 Å². The van der Waals surface area contributed by atoms with E-state index in [9.17, 15) is 14.4 Å². The molecular weight excluding hydrogens is 432 g/mol. The molecule has 2 aromatic rings. The molecule has 8 nitrogen and oxygen atoms in total. The highest BCUT2D eigenvalue weighted by Crippen LogP contribution is 2.32. The number of amides is 3. The second-order valence-electron chi connectivity index (χ2n) is 9.71. The first-order valence-electron chi connectivity index (χ1n) is 11.7. The highest BCUT2D eigenvalue weighted by atomic mass is 16.7. The van der Waals surface area contributed by atoms with Gasteiger partial charge in [-0.25, -0.2) is 4.79 Å². The second kappa shape index (κ2) is 9.37. The van der Waals surface area contributed by atoms with Crippen LogP contribution in [0, 0.1) is 0 Å². The smallest absolute Gasteiger partial charge is 0.357 e. The molecule has 2 saturated heterocycles. The molecule has 0 unspecified atom stereocenters. The molecule has 0 aromatic heterocycles. The van der Waals surface area contributed by atoms with Crippen molar-refractivity contribution < 1.29 is 19.2 Å². The van der Waals surface area contributed by atoms with E-state index in [1.165, 1.54) is 23.1 Å². The Morgan fingerprint density at radius 2 is 1.50 bits per heavy atom. The number of rotatable bonds is 4. The van der Waals surface area contributed by atoms with Crippen molar-refractivity contribution in [1.29, 1.82) is 0 Å². The molecule has 2 heterocycles.